The fourth-order valence-electron chi connectivity index (χ4n) is 5.93. The molecule has 9 heteroatoms. The van der Waals surface area contributed by atoms with Crippen LogP contribution in [-0.4, -0.2) is 81.3 Å². The Labute approximate surface area is 213 Å². The number of fused-ring (bicyclic) bond motifs is 1. The number of aromatic nitrogens is 3. The van der Waals surface area contributed by atoms with Crippen LogP contribution < -0.4 is 4.90 Å². The highest BCUT2D eigenvalue weighted by atomic mass is 16.6. The molecule has 0 unspecified atom stereocenters. The largest absolute Gasteiger partial charge is 0.444 e. The van der Waals surface area contributed by atoms with Crippen LogP contribution in [0, 0.1) is 17.8 Å². The van der Waals surface area contributed by atoms with Crippen molar-refractivity contribution in [2.24, 2.45) is 10.8 Å². The first-order valence-electron chi connectivity index (χ1n) is 13.3. The van der Waals surface area contributed by atoms with Crippen molar-refractivity contribution in [3.05, 3.63) is 23.7 Å². The van der Waals surface area contributed by atoms with Gasteiger partial charge in [0.1, 0.15) is 5.60 Å². The number of rotatable bonds is 3. The second-order valence-corrected chi connectivity index (χ2v) is 12.5. The Hall–Kier alpha value is -2.84. The molecule has 3 aliphatic heterocycles. The Kier molecular flexibility index (Phi) is 5.95. The molecular formula is C27H40N6O3. The molecule has 0 bridgehead atoms. The minimum Gasteiger partial charge on any atom is -0.444 e. The van der Waals surface area contributed by atoms with Crippen LogP contribution in [0.2, 0.25) is 0 Å². The highest BCUT2D eigenvalue weighted by molar-refractivity contribution is 5.91. The first-order chi connectivity index (χ1) is 16.9. The predicted octanol–water partition coefficient (Wildman–Crippen LogP) is 4.14. The Morgan fingerprint density at radius 3 is 2.42 bits per heavy atom. The molecule has 3 aliphatic rings. The SMILES string of the molecule is CC[C@@]1(C)CCN(c2cc(C)c3nc(C(=O)N4CC[C@@]5(CCN(C(=O)OC(C)(C)C)C5)C4)nn3c2)C1. The van der Waals surface area contributed by atoms with Gasteiger partial charge in [-0.05, 0) is 70.4 Å². The van der Waals surface area contributed by atoms with E-state index in [0.717, 1.165) is 42.8 Å². The number of hydrogen-bond donors (Lipinski definition) is 0. The lowest BCUT2D eigenvalue weighted by Gasteiger charge is -2.27. The summed E-state index contributed by atoms with van der Waals surface area (Å²) in [5.74, 6) is 0.112. The van der Waals surface area contributed by atoms with Gasteiger partial charge in [0.2, 0.25) is 5.82 Å². The van der Waals surface area contributed by atoms with Crippen molar-refractivity contribution in [3.63, 3.8) is 0 Å². The predicted molar refractivity (Wildman–Crippen MR) is 138 cm³/mol. The van der Waals surface area contributed by atoms with Crippen molar-refractivity contribution >= 4 is 23.3 Å². The van der Waals surface area contributed by atoms with E-state index in [4.69, 9.17) is 4.74 Å². The molecule has 0 aliphatic carbocycles. The van der Waals surface area contributed by atoms with Gasteiger partial charge < -0.3 is 19.4 Å². The molecule has 196 valence electrons. The van der Waals surface area contributed by atoms with Crippen LogP contribution in [0.15, 0.2) is 12.3 Å². The first-order valence-corrected chi connectivity index (χ1v) is 13.3. The number of anilines is 1. The van der Waals surface area contributed by atoms with E-state index in [1.54, 1.807) is 9.42 Å². The molecule has 0 radical (unpaired) electrons. The molecule has 0 aromatic carbocycles. The number of carbonyl (C=O) groups excluding carboxylic acids is 2. The quantitative estimate of drug-likeness (QED) is 0.635. The van der Waals surface area contributed by atoms with E-state index >= 15 is 0 Å². The highest BCUT2D eigenvalue weighted by Gasteiger charge is 2.47. The topological polar surface area (TPSA) is 83.3 Å². The van der Waals surface area contributed by atoms with Gasteiger partial charge in [-0.15, -0.1) is 5.10 Å². The summed E-state index contributed by atoms with van der Waals surface area (Å²) in [5.41, 5.74) is 2.64. The minimum absolute atomic E-state index is 0.0729. The van der Waals surface area contributed by atoms with Crippen molar-refractivity contribution in [2.75, 3.05) is 44.2 Å². The molecule has 2 atom stereocenters. The number of pyridine rings is 1. The van der Waals surface area contributed by atoms with Crippen LogP contribution in [-0.2, 0) is 4.74 Å². The van der Waals surface area contributed by atoms with Gasteiger partial charge in [-0.3, -0.25) is 4.79 Å². The van der Waals surface area contributed by atoms with Crippen LogP contribution in [0.25, 0.3) is 5.65 Å². The summed E-state index contributed by atoms with van der Waals surface area (Å²) in [4.78, 5) is 36.6. The monoisotopic (exact) mass is 496 g/mol. The summed E-state index contributed by atoms with van der Waals surface area (Å²) >= 11 is 0. The van der Waals surface area contributed by atoms with Gasteiger partial charge in [0.25, 0.3) is 5.91 Å². The van der Waals surface area contributed by atoms with Crippen LogP contribution in [0.4, 0.5) is 10.5 Å². The van der Waals surface area contributed by atoms with E-state index in [1.165, 1.54) is 12.8 Å². The molecule has 2 amide bonds. The maximum atomic E-state index is 13.4. The van der Waals surface area contributed by atoms with E-state index in [-0.39, 0.29) is 23.2 Å². The van der Waals surface area contributed by atoms with Crippen LogP contribution in [0.1, 0.15) is 76.5 Å². The van der Waals surface area contributed by atoms with Gasteiger partial charge in [-0.1, -0.05) is 13.8 Å². The molecule has 9 nitrogen and oxygen atoms in total. The van der Waals surface area contributed by atoms with Crippen LogP contribution >= 0.6 is 0 Å². The van der Waals surface area contributed by atoms with Crippen molar-refractivity contribution < 1.29 is 14.3 Å². The van der Waals surface area contributed by atoms with E-state index in [1.807, 2.05) is 38.8 Å². The first kappa shape index (κ1) is 24.8. The molecule has 2 aromatic rings. The normalized spacial score (nSPS) is 26.6. The van der Waals surface area contributed by atoms with E-state index in [9.17, 15) is 9.59 Å². The van der Waals surface area contributed by atoms with Gasteiger partial charge in [0.15, 0.2) is 5.65 Å². The lowest BCUT2D eigenvalue weighted by molar-refractivity contribution is 0.0274. The molecule has 5 heterocycles. The number of ether oxygens (including phenoxy) is 1. The highest BCUT2D eigenvalue weighted by Crippen LogP contribution is 2.40. The third-order valence-electron chi connectivity index (χ3n) is 8.39. The molecule has 0 N–H and O–H groups in total. The van der Waals surface area contributed by atoms with Crippen molar-refractivity contribution in [2.45, 2.75) is 72.8 Å². The second-order valence-electron chi connectivity index (χ2n) is 12.5. The standard InChI is InChI=1S/C27H40N6O3/c1-7-26(6)8-11-30(16-26)20-14-19(2)22-28-21(29-33(22)15-20)23(34)31-12-9-27(17-31)10-13-32(18-27)24(35)36-25(3,4)5/h14-15H,7-13,16-18H2,1-6H3/t26-,27+/m0/s1. The number of aryl methyl sites for hydroxylation is 1. The second kappa shape index (κ2) is 8.63. The maximum absolute atomic E-state index is 13.4. The van der Waals surface area contributed by atoms with Crippen LogP contribution in [0.3, 0.4) is 0 Å². The Morgan fingerprint density at radius 1 is 1.06 bits per heavy atom. The number of carbonyl (C=O) groups is 2. The fraction of sp³-hybridized carbons (Fsp3) is 0.704. The molecule has 2 aromatic heterocycles. The number of nitrogens with zero attached hydrogens (tertiary/aromatic N) is 6. The Morgan fingerprint density at radius 2 is 1.75 bits per heavy atom. The molecule has 1 spiro atoms. The average Bonchev–Trinajstić information content (AvgIpc) is 3.59. The third kappa shape index (κ3) is 4.64. The zero-order chi connectivity index (χ0) is 25.9. The average molecular weight is 497 g/mol. The van der Waals surface area contributed by atoms with Crippen molar-refractivity contribution in [1.29, 1.82) is 0 Å². The molecule has 5 rings (SSSR count). The maximum Gasteiger partial charge on any atom is 0.410 e. The van der Waals surface area contributed by atoms with Crippen molar-refractivity contribution in [3.8, 4) is 0 Å². The fourth-order valence-corrected chi connectivity index (χ4v) is 5.93. The van der Waals surface area contributed by atoms with E-state index in [0.29, 0.717) is 31.6 Å². The Balaban J connectivity index is 1.28. The van der Waals surface area contributed by atoms with Crippen LogP contribution in [0.5, 0.6) is 0 Å². The lowest BCUT2D eigenvalue weighted by atomic mass is 9.86. The van der Waals surface area contributed by atoms with Gasteiger partial charge in [-0.2, -0.15) is 0 Å². The summed E-state index contributed by atoms with van der Waals surface area (Å²) < 4.78 is 7.33. The van der Waals surface area contributed by atoms with Crippen molar-refractivity contribution in [1.82, 2.24) is 24.4 Å². The molecular weight excluding hydrogens is 456 g/mol. The minimum atomic E-state index is -0.512. The van der Waals surface area contributed by atoms with Gasteiger partial charge in [0, 0.05) is 44.7 Å². The Bertz CT molecular complexity index is 1190. The number of hydrogen-bond acceptors (Lipinski definition) is 6. The lowest BCUT2D eigenvalue weighted by Crippen LogP contribution is -2.38. The third-order valence-corrected chi connectivity index (χ3v) is 8.39. The number of likely N-dealkylation sites (tertiary alicyclic amines) is 2. The zero-order valence-electron chi connectivity index (χ0n) is 22.6. The summed E-state index contributed by atoms with van der Waals surface area (Å²) in [6.07, 6.45) is 5.84. The summed E-state index contributed by atoms with van der Waals surface area (Å²) in [6, 6.07) is 2.16. The summed E-state index contributed by atoms with van der Waals surface area (Å²) in [7, 11) is 0. The summed E-state index contributed by atoms with van der Waals surface area (Å²) in [5, 5.41) is 4.61. The van der Waals surface area contributed by atoms with Gasteiger partial charge in [-0.25, -0.2) is 14.3 Å². The zero-order valence-corrected chi connectivity index (χ0v) is 22.6. The smallest absolute Gasteiger partial charge is 0.410 e. The van der Waals surface area contributed by atoms with E-state index < -0.39 is 5.60 Å². The van der Waals surface area contributed by atoms with Gasteiger partial charge >= 0.3 is 6.09 Å². The molecule has 36 heavy (non-hydrogen) atoms. The number of amides is 2. The van der Waals surface area contributed by atoms with Gasteiger partial charge in [0.05, 0.1) is 11.9 Å². The summed E-state index contributed by atoms with van der Waals surface area (Å²) in [6.45, 7) is 16.9. The molecule has 0 saturated carbocycles. The molecule has 3 fully saturated rings. The molecule has 3 saturated heterocycles. The van der Waals surface area contributed by atoms with E-state index in [2.05, 4.69) is 34.9 Å².